The number of carbonyl (C=O) groups is 2. The lowest BCUT2D eigenvalue weighted by atomic mass is 9.90. The molecule has 1 aromatic carbocycles. The summed E-state index contributed by atoms with van der Waals surface area (Å²) in [5.74, 6) is 2.14. The van der Waals surface area contributed by atoms with Crippen molar-refractivity contribution in [3.63, 3.8) is 0 Å². The number of nitrogens with one attached hydrogen (secondary N) is 2. The van der Waals surface area contributed by atoms with Crippen LogP contribution in [0.5, 0.6) is 0 Å². The van der Waals surface area contributed by atoms with Crippen LogP contribution in [0.2, 0.25) is 0 Å². The van der Waals surface area contributed by atoms with Gasteiger partial charge in [-0.05, 0) is 115 Å². The molecule has 7 rings (SSSR count). The maximum Gasteiger partial charge on any atom is 0.410 e. The Kier molecular flexibility index (Phi) is 11.0. The van der Waals surface area contributed by atoms with Crippen LogP contribution in [0.15, 0.2) is 41.3 Å². The molecule has 1 aromatic heterocycles. The fraction of sp³-hybridized carbons (Fsp3) is 0.667. The number of aromatic nitrogens is 1. The van der Waals surface area contributed by atoms with E-state index >= 15 is 0 Å². The van der Waals surface area contributed by atoms with Gasteiger partial charge in [0.05, 0.1) is 10.6 Å². The summed E-state index contributed by atoms with van der Waals surface area (Å²) in [6.07, 6.45) is 7.53. The van der Waals surface area contributed by atoms with Gasteiger partial charge in [0.1, 0.15) is 17.5 Å². The number of benzene rings is 1. The fourth-order valence-corrected chi connectivity index (χ4v) is 9.87. The van der Waals surface area contributed by atoms with E-state index in [9.17, 15) is 18.0 Å². The summed E-state index contributed by atoms with van der Waals surface area (Å²) in [6, 6.07) is 10.6. The van der Waals surface area contributed by atoms with Crippen LogP contribution < -0.4 is 19.8 Å². The topological polar surface area (TPSA) is 131 Å². The first-order chi connectivity index (χ1) is 25.2. The van der Waals surface area contributed by atoms with Crippen molar-refractivity contribution < 1.29 is 22.7 Å². The van der Waals surface area contributed by atoms with Gasteiger partial charge in [-0.1, -0.05) is 6.07 Å². The van der Waals surface area contributed by atoms with Crippen LogP contribution in [-0.2, 0) is 19.6 Å². The summed E-state index contributed by atoms with van der Waals surface area (Å²) < 4.78 is 35.8. The van der Waals surface area contributed by atoms with Gasteiger partial charge in [0.15, 0.2) is 5.82 Å². The van der Waals surface area contributed by atoms with Crippen LogP contribution in [0.4, 0.5) is 27.8 Å². The van der Waals surface area contributed by atoms with Crippen molar-refractivity contribution in [2.75, 3.05) is 68.0 Å². The Morgan fingerprint density at radius 2 is 1.60 bits per heavy atom. The number of likely N-dealkylation sites (tertiary alicyclic amines) is 1. The molecule has 0 radical (unpaired) electrons. The molecule has 1 atom stereocenters. The molecule has 290 valence electrons. The van der Waals surface area contributed by atoms with E-state index in [0.29, 0.717) is 55.0 Å². The Labute approximate surface area is 315 Å². The van der Waals surface area contributed by atoms with E-state index in [-0.39, 0.29) is 29.0 Å². The molecule has 13 nitrogen and oxygen atoms in total. The van der Waals surface area contributed by atoms with E-state index in [4.69, 9.17) is 9.72 Å². The monoisotopic (exact) mass is 750 g/mol. The molecule has 4 heterocycles. The zero-order valence-electron chi connectivity index (χ0n) is 32.1. The lowest BCUT2D eigenvalue weighted by molar-refractivity contribution is -0.119. The van der Waals surface area contributed by atoms with Gasteiger partial charge in [-0.3, -0.25) is 9.69 Å². The van der Waals surface area contributed by atoms with Gasteiger partial charge in [0, 0.05) is 76.7 Å². The zero-order valence-corrected chi connectivity index (χ0v) is 32.9. The minimum Gasteiger partial charge on any atom is -0.444 e. The van der Waals surface area contributed by atoms with E-state index in [1.807, 2.05) is 45.9 Å². The molecular formula is C39H58N8O5S. The lowest BCUT2D eigenvalue weighted by Crippen LogP contribution is -2.57. The molecule has 0 unspecified atom stereocenters. The predicted molar refractivity (Wildman–Crippen MR) is 207 cm³/mol. The van der Waals surface area contributed by atoms with Crippen molar-refractivity contribution in [2.45, 2.75) is 114 Å². The second kappa shape index (κ2) is 15.3. The molecule has 53 heavy (non-hydrogen) atoms. The number of piperidine rings is 1. The number of piperazine rings is 1. The summed E-state index contributed by atoms with van der Waals surface area (Å²) >= 11 is 0. The maximum atomic E-state index is 13.6. The smallest absolute Gasteiger partial charge is 0.410 e. The van der Waals surface area contributed by atoms with Gasteiger partial charge in [-0.15, -0.1) is 0 Å². The Bertz CT molecular complexity index is 1740. The van der Waals surface area contributed by atoms with Gasteiger partial charge in [0.25, 0.3) is 0 Å². The van der Waals surface area contributed by atoms with Crippen LogP contribution in [0.1, 0.15) is 79.1 Å². The normalized spacial score (nSPS) is 25.3. The molecule has 2 N–H and O–H groups in total. The minimum absolute atomic E-state index is 0.000359. The number of sulfonamides is 1. The Morgan fingerprint density at radius 1 is 0.906 bits per heavy atom. The highest BCUT2D eigenvalue weighted by Crippen LogP contribution is 2.39. The second-order valence-electron chi connectivity index (χ2n) is 16.8. The number of amides is 2. The molecular weight excluding hydrogens is 693 g/mol. The van der Waals surface area contributed by atoms with Crippen molar-refractivity contribution in [1.29, 1.82) is 0 Å². The van der Waals surface area contributed by atoms with Gasteiger partial charge in [0.2, 0.25) is 15.9 Å². The number of carbonyl (C=O) groups excluding carboxylic acids is 2. The van der Waals surface area contributed by atoms with E-state index in [2.05, 4.69) is 24.7 Å². The SMILES string of the molecule is C[C@@H]1C(=O)N(C)c2ccc(Nc3cccc(S(=O)(=O)N[C@H]4CC[C@H](N5CCN(CC6CC6)CC5)CC4)c3)nc2N1C1CCN(C(=O)OC(C)(C)C)CC1. The van der Waals surface area contributed by atoms with Crippen LogP contribution in [-0.4, -0.2) is 123 Å². The quantitative estimate of drug-likeness (QED) is 0.361. The number of nitrogens with zero attached hydrogens (tertiary/aromatic N) is 6. The molecule has 2 aromatic rings. The highest BCUT2D eigenvalue weighted by molar-refractivity contribution is 7.89. The second-order valence-corrected chi connectivity index (χ2v) is 18.5. The third kappa shape index (κ3) is 8.92. The van der Waals surface area contributed by atoms with E-state index < -0.39 is 21.7 Å². The summed E-state index contributed by atoms with van der Waals surface area (Å²) in [6.45, 7) is 14.3. The van der Waals surface area contributed by atoms with E-state index in [1.165, 1.54) is 19.4 Å². The molecule has 5 aliphatic rings. The van der Waals surface area contributed by atoms with Crippen LogP contribution in [0.25, 0.3) is 0 Å². The Morgan fingerprint density at radius 3 is 2.26 bits per heavy atom. The number of fused-ring (bicyclic) bond motifs is 1. The number of ether oxygens (including phenoxy) is 1. The maximum absolute atomic E-state index is 13.6. The van der Waals surface area contributed by atoms with Gasteiger partial charge >= 0.3 is 6.09 Å². The molecule has 4 fully saturated rings. The highest BCUT2D eigenvalue weighted by Gasteiger charge is 2.41. The minimum atomic E-state index is -3.73. The largest absolute Gasteiger partial charge is 0.444 e. The van der Waals surface area contributed by atoms with Gasteiger partial charge in [-0.25, -0.2) is 22.9 Å². The van der Waals surface area contributed by atoms with Gasteiger partial charge in [-0.2, -0.15) is 0 Å². The van der Waals surface area contributed by atoms with Crippen molar-refractivity contribution >= 4 is 45.0 Å². The number of pyridine rings is 1. The van der Waals surface area contributed by atoms with Crippen molar-refractivity contribution in [2.24, 2.45) is 5.92 Å². The predicted octanol–water partition coefficient (Wildman–Crippen LogP) is 5.01. The molecule has 3 aliphatic heterocycles. The number of likely N-dealkylation sites (N-methyl/N-ethyl adjacent to an activating group) is 1. The number of hydrogen-bond acceptors (Lipinski definition) is 10. The Hall–Kier alpha value is -3.46. The van der Waals surface area contributed by atoms with E-state index in [0.717, 1.165) is 57.8 Å². The average Bonchev–Trinajstić information content (AvgIpc) is 3.95. The fourth-order valence-electron chi connectivity index (χ4n) is 8.52. The third-order valence-corrected chi connectivity index (χ3v) is 13.2. The summed E-state index contributed by atoms with van der Waals surface area (Å²) in [4.78, 5) is 42.0. The molecule has 14 heteroatoms. The van der Waals surface area contributed by atoms with Crippen molar-refractivity contribution in [3.05, 3.63) is 36.4 Å². The van der Waals surface area contributed by atoms with Crippen molar-refractivity contribution in [1.82, 2.24) is 24.4 Å². The molecule has 2 amide bonds. The number of rotatable bonds is 9. The Balaban J connectivity index is 0.976. The molecule has 0 spiro atoms. The van der Waals surface area contributed by atoms with Crippen LogP contribution in [0, 0.1) is 5.92 Å². The van der Waals surface area contributed by atoms with Crippen molar-refractivity contribution in [3.8, 4) is 0 Å². The lowest BCUT2D eigenvalue weighted by Gasteiger charge is -2.46. The third-order valence-electron chi connectivity index (χ3n) is 11.6. The standard InChI is InChI=1S/C39H58N8O5S/c1-27-37(48)43(5)34-15-16-35(41-36(34)47(27)32-17-19-46(20-18-32)38(49)52-39(2,3)4)40-30-7-6-8-33(25-30)53(50,51)42-29-11-13-31(14-12-29)45-23-21-44(22-24-45)26-28-9-10-28/h6-8,15-16,25,27-29,31-32,42H,9-14,17-24,26H2,1-5H3,(H,40,41)/t27-,29-,31-/m1/s1. The summed E-state index contributed by atoms with van der Waals surface area (Å²) in [5.41, 5.74) is 0.748. The summed E-state index contributed by atoms with van der Waals surface area (Å²) in [5, 5.41) is 3.33. The average molecular weight is 751 g/mol. The first kappa shape index (κ1) is 37.8. The van der Waals surface area contributed by atoms with Gasteiger partial charge < -0.3 is 29.7 Å². The highest BCUT2D eigenvalue weighted by atomic mass is 32.2. The summed E-state index contributed by atoms with van der Waals surface area (Å²) in [7, 11) is -1.97. The van der Waals surface area contributed by atoms with Crippen LogP contribution >= 0.6 is 0 Å². The first-order valence-electron chi connectivity index (χ1n) is 19.6. The molecule has 2 saturated heterocycles. The molecule has 2 saturated carbocycles. The van der Waals surface area contributed by atoms with E-state index in [1.54, 1.807) is 35.0 Å². The number of anilines is 4. The van der Waals surface area contributed by atoms with Crippen LogP contribution in [0.3, 0.4) is 0 Å². The first-order valence-corrected chi connectivity index (χ1v) is 21.1. The number of hydrogen-bond donors (Lipinski definition) is 2. The zero-order chi connectivity index (χ0) is 37.5. The molecule has 2 aliphatic carbocycles. The molecule has 0 bridgehead atoms.